The van der Waals surface area contributed by atoms with Crippen LogP contribution in [-0.2, 0) is 0 Å². The lowest BCUT2D eigenvalue weighted by Gasteiger charge is -2.03. The Bertz CT molecular complexity index is 834. The third-order valence-electron chi connectivity index (χ3n) is 2.96. The molecule has 0 saturated heterocycles. The van der Waals surface area contributed by atoms with Crippen molar-refractivity contribution in [2.45, 2.75) is 0 Å². The number of aromatic carboxylic acids is 1. The molecule has 7 nitrogen and oxygen atoms in total. The quantitative estimate of drug-likeness (QED) is 0.466. The number of allylic oxidation sites excluding steroid dienone is 1. The normalized spacial score (nSPS) is 11.0. The summed E-state index contributed by atoms with van der Waals surface area (Å²) >= 11 is 5.77. The van der Waals surface area contributed by atoms with Crippen LogP contribution in [0.1, 0.15) is 15.9 Å². The number of carboxylic acids is 1. The Balaban J connectivity index is 2.04. The van der Waals surface area contributed by atoms with Gasteiger partial charge in [0.15, 0.2) is 0 Å². The maximum Gasteiger partial charge on any atom is 0.337 e. The van der Waals surface area contributed by atoms with E-state index in [4.69, 9.17) is 16.7 Å². The van der Waals surface area contributed by atoms with E-state index in [1.54, 1.807) is 30.3 Å². The number of hydrazone groups is 1. The van der Waals surface area contributed by atoms with Crippen LogP contribution in [-0.4, -0.2) is 22.2 Å². The lowest BCUT2D eigenvalue weighted by atomic mass is 10.1. The predicted molar refractivity (Wildman–Crippen MR) is 92.7 cm³/mol. The van der Waals surface area contributed by atoms with Gasteiger partial charge in [0.1, 0.15) is 0 Å². The molecule has 8 heteroatoms. The summed E-state index contributed by atoms with van der Waals surface area (Å²) in [5.74, 6) is -1.14. The molecule has 0 saturated carbocycles. The van der Waals surface area contributed by atoms with E-state index in [2.05, 4.69) is 10.5 Å². The molecule has 0 amide bonds. The Kier molecular flexibility index (Phi) is 5.64. The SMILES string of the molecule is O=C(O)c1cc(NN=C/C=C/c2ccccc2[N+](=O)[O-])ccc1Cl. The summed E-state index contributed by atoms with van der Waals surface area (Å²) in [6.45, 7) is 0. The fourth-order valence-electron chi connectivity index (χ4n) is 1.85. The van der Waals surface area contributed by atoms with E-state index >= 15 is 0 Å². The minimum atomic E-state index is -1.14. The second-order valence-electron chi connectivity index (χ2n) is 4.56. The van der Waals surface area contributed by atoms with Crippen molar-refractivity contribution < 1.29 is 14.8 Å². The monoisotopic (exact) mass is 345 g/mol. The number of anilines is 1. The number of para-hydroxylation sites is 1. The van der Waals surface area contributed by atoms with Crippen molar-refractivity contribution >= 4 is 41.2 Å². The fraction of sp³-hybridized carbons (Fsp3) is 0. The third-order valence-corrected chi connectivity index (χ3v) is 3.29. The van der Waals surface area contributed by atoms with Crippen molar-refractivity contribution in [3.05, 3.63) is 74.8 Å². The number of nitrogens with zero attached hydrogens (tertiary/aromatic N) is 2. The zero-order valence-electron chi connectivity index (χ0n) is 12.2. The lowest BCUT2D eigenvalue weighted by molar-refractivity contribution is -0.385. The average Bonchev–Trinajstić information content (AvgIpc) is 2.56. The minimum Gasteiger partial charge on any atom is -0.478 e. The summed E-state index contributed by atoms with van der Waals surface area (Å²) in [5, 5.41) is 23.9. The molecule has 2 N–H and O–H groups in total. The summed E-state index contributed by atoms with van der Waals surface area (Å²) in [7, 11) is 0. The average molecular weight is 346 g/mol. The van der Waals surface area contributed by atoms with Crippen LogP contribution < -0.4 is 5.43 Å². The summed E-state index contributed by atoms with van der Waals surface area (Å²) in [6.07, 6.45) is 4.48. The number of hydrogen-bond acceptors (Lipinski definition) is 5. The van der Waals surface area contributed by atoms with Gasteiger partial charge in [-0.3, -0.25) is 15.5 Å². The van der Waals surface area contributed by atoms with Crippen molar-refractivity contribution in [3.63, 3.8) is 0 Å². The van der Waals surface area contributed by atoms with Crippen molar-refractivity contribution in [2.24, 2.45) is 5.10 Å². The predicted octanol–water partition coefficient (Wildman–Crippen LogP) is 4.06. The smallest absolute Gasteiger partial charge is 0.337 e. The highest BCUT2D eigenvalue weighted by Gasteiger charge is 2.09. The first kappa shape index (κ1) is 17.2. The highest BCUT2D eigenvalue weighted by Crippen LogP contribution is 2.21. The van der Waals surface area contributed by atoms with Crippen molar-refractivity contribution in [1.29, 1.82) is 0 Å². The van der Waals surface area contributed by atoms with Gasteiger partial charge >= 0.3 is 5.97 Å². The number of rotatable bonds is 6. The number of benzene rings is 2. The molecule has 0 aliphatic rings. The Morgan fingerprint density at radius 3 is 2.75 bits per heavy atom. The van der Waals surface area contributed by atoms with Gasteiger partial charge in [-0.05, 0) is 36.4 Å². The molecular formula is C16H12ClN3O4. The van der Waals surface area contributed by atoms with Crippen LogP contribution in [0.4, 0.5) is 11.4 Å². The van der Waals surface area contributed by atoms with Gasteiger partial charge in [-0.25, -0.2) is 4.79 Å². The first-order valence-electron chi connectivity index (χ1n) is 6.71. The van der Waals surface area contributed by atoms with E-state index in [-0.39, 0.29) is 16.3 Å². The molecule has 0 spiro atoms. The molecule has 0 aliphatic carbocycles. The fourth-order valence-corrected chi connectivity index (χ4v) is 2.05. The number of carbonyl (C=O) groups is 1. The molecule has 2 aromatic carbocycles. The number of nitro benzene ring substituents is 1. The van der Waals surface area contributed by atoms with Gasteiger partial charge in [-0.15, -0.1) is 0 Å². The number of halogens is 1. The molecule has 0 unspecified atom stereocenters. The van der Waals surface area contributed by atoms with Crippen molar-refractivity contribution in [2.75, 3.05) is 5.43 Å². The van der Waals surface area contributed by atoms with Gasteiger partial charge in [0.05, 0.1) is 26.8 Å². The Labute approximate surface area is 142 Å². The Morgan fingerprint density at radius 2 is 2.04 bits per heavy atom. The Morgan fingerprint density at radius 1 is 1.29 bits per heavy atom. The van der Waals surface area contributed by atoms with Crippen molar-refractivity contribution in [1.82, 2.24) is 0 Å². The first-order chi connectivity index (χ1) is 11.5. The molecule has 0 bridgehead atoms. The van der Waals surface area contributed by atoms with Gasteiger partial charge in [-0.2, -0.15) is 5.10 Å². The molecule has 24 heavy (non-hydrogen) atoms. The standard InChI is InChI=1S/C16H12ClN3O4/c17-14-8-7-12(10-13(14)16(21)22)19-18-9-3-5-11-4-1-2-6-15(11)20(23)24/h1-10,19H,(H,21,22)/b5-3+,18-9?. The minimum absolute atomic E-state index is 0.00101. The first-order valence-corrected chi connectivity index (χ1v) is 7.09. The van der Waals surface area contributed by atoms with Gasteiger partial charge in [-0.1, -0.05) is 23.7 Å². The molecular weight excluding hydrogens is 334 g/mol. The summed E-state index contributed by atoms with van der Waals surface area (Å²) < 4.78 is 0. The molecule has 0 radical (unpaired) electrons. The second kappa shape index (κ2) is 7.89. The molecule has 0 heterocycles. The van der Waals surface area contributed by atoms with Crippen LogP contribution >= 0.6 is 11.6 Å². The van der Waals surface area contributed by atoms with Gasteiger partial charge in [0.25, 0.3) is 5.69 Å². The largest absolute Gasteiger partial charge is 0.478 e. The molecule has 0 aliphatic heterocycles. The van der Waals surface area contributed by atoms with E-state index in [0.717, 1.165) is 0 Å². The Hall–Kier alpha value is -3.19. The lowest BCUT2D eigenvalue weighted by Crippen LogP contribution is -1.99. The summed E-state index contributed by atoms with van der Waals surface area (Å²) in [4.78, 5) is 21.4. The van der Waals surface area contributed by atoms with Crippen LogP contribution in [0, 0.1) is 10.1 Å². The molecule has 0 atom stereocenters. The molecule has 122 valence electrons. The molecule has 2 aromatic rings. The van der Waals surface area contributed by atoms with Crippen LogP contribution in [0.15, 0.2) is 53.6 Å². The maximum atomic E-state index is 11.0. The second-order valence-corrected chi connectivity index (χ2v) is 4.97. The third kappa shape index (κ3) is 4.40. The zero-order chi connectivity index (χ0) is 17.5. The van der Waals surface area contributed by atoms with E-state index in [0.29, 0.717) is 11.3 Å². The number of hydrogen-bond donors (Lipinski definition) is 2. The van der Waals surface area contributed by atoms with E-state index in [9.17, 15) is 14.9 Å². The highest BCUT2D eigenvalue weighted by molar-refractivity contribution is 6.33. The highest BCUT2D eigenvalue weighted by atomic mass is 35.5. The van der Waals surface area contributed by atoms with Gasteiger partial charge in [0.2, 0.25) is 0 Å². The van der Waals surface area contributed by atoms with Gasteiger partial charge in [0, 0.05) is 12.3 Å². The van der Waals surface area contributed by atoms with E-state index < -0.39 is 10.9 Å². The van der Waals surface area contributed by atoms with Crippen LogP contribution in [0.3, 0.4) is 0 Å². The maximum absolute atomic E-state index is 11.0. The van der Waals surface area contributed by atoms with Crippen molar-refractivity contribution in [3.8, 4) is 0 Å². The van der Waals surface area contributed by atoms with Crippen LogP contribution in [0.5, 0.6) is 0 Å². The molecule has 2 rings (SSSR count). The van der Waals surface area contributed by atoms with Gasteiger partial charge < -0.3 is 5.11 Å². The summed E-state index contributed by atoms with van der Waals surface area (Å²) in [5.41, 5.74) is 3.52. The number of nitrogens with one attached hydrogen (secondary N) is 1. The molecule has 0 fully saturated rings. The summed E-state index contributed by atoms with van der Waals surface area (Å²) in [6, 6.07) is 10.7. The van der Waals surface area contributed by atoms with Crippen LogP contribution in [0.2, 0.25) is 5.02 Å². The van der Waals surface area contributed by atoms with E-state index in [1.165, 1.54) is 30.5 Å². The van der Waals surface area contributed by atoms with Crippen LogP contribution in [0.25, 0.3) is 6.08 Å². The molecule has 0 aromatic heterocycles. The zero-order valence-corrected chi connectivity index (χ0v) is 13.0. The number of nitro groups is 1. The number of carboxylic acid groups (broad SMARTS) is 1. The topological polar surface area (TPSA) is 105 Å². The van der Waals surface area contributed by atoms with E-state index in [1.807, 2.05) is 0 Å².